The Bertz CT molecular complexity index is 449. The van der Waals surface area contributed by atoms with Crippen LogP contribution in [-0.2, 0) is 6.54 Å². The third-order valence-electron chi connectivity index (χ3n) is 3.35. The molecule has 21 heavy (non-hydrogen) atoms. The zero-order valence-corrected chi connectivity index (χ0v) is 14.1. The van der Waals surface area contributed by atoms with Gasteiger partial charge < -0.3 is 19.9 Å². The molecule has 0 fully saturated rings. The van der Waals surface area contributed by atoms with E-state index in [-0.39, 0.29) is 6.61 Å². The molecule has 1 atom stereocenters. The Kier molecular flexibility index (Phi) is 7.29. The zero-order valence-electron chi connectivity index (χ0n) is 13.3. The Balaban J connectivity index is 2.96. The number of aliphatic hydroxyl groups is 1. The molecule has 0 aromatic heterocycles. The Hall–Kier alpha value is -0.970. The van der Waals surface area contributed by atoms with E-state index < -0.39 is 5.60 Å². The van der Waals surface area contributed by atoms with Gasteiger partial charge in [0, 0.05) is 23.2 Å². The highest BCUT2D eigenvalue weighted by Gasteiger charge is 2.21. The minimum atomic E-state index is -0.862. The lowest BCUT2D eigenvalue weighted by molar-refractivity contribution is 0.00743. The molecule has 0 spiro atoms. The van der Waals surface area contributed by atoms with Crippen LogP contribution in [0.1, 0.15) is 39.2 Å². The van der Waals surface area contributed by atoms with E-state index in [0.717, 1.165) is 18.5 Å². The minimum absolute atomic E-state index is 0.211. The van der Waals surface area contributed by atoms with Gasteiger partial charge in [-0.3, -0.25) is 0 Å². The first kappa shape index (κ1) is 18.1. The maximum absolute atomic E-state index is 10.1. The molecule has 1 aromatic carbocycles. The third-order valence-corrected chi connectivity index (χ3v) is 3.57. The second-order valence-corrected chi connectivity index (χ2v) is 5.85. The Morgan fingerprint density at radius 2 is 2.05 bits per heavy atom. The predicted molar refractivity (Wildman–Crippen MR) is 86.4 cm³/mol. The fraction of sp³-hybridized carbons (Fsp3) is 0.625. The number of halogens is 1. The normalized spacial score (nSPS) is 13.8. The van der Waals surface area contributed by atoms with Crippen molar-refractivity contribution in [1.82, 2.24) is 5.32 Å². The largest absolute Gasteiger partial charge is 0.493 e. The van der Waals surface area contributed by atoms with Crippen LogP contribution in [0.5, 0.6) is 11.5 Å². The Labute approximate surface area is 132 Å². The molecule has 0 saturated heterocycles. The molecule has 0 radical (unpaired) electrons. The first-order valence-electron chi connectivity index (χ1n) is 7.35. The van der Waals surface area contributed by atoms with Crippen molar-refractivity contribution >= 4 is 11.6 Å². The molecule has 0 heterocycles. The average molecular weight is 316 g/mol. The van der Waals surface area contributed by atoms with E-state index >= 15 is 0 Å². The Morgan fingerprint density at radius 3 is 2.62 bits per heavy atom. The number of hydrogen-bond acceptors (Lipinski definition) is 4. The summed E-state index contributed by atoms with van der Waals surface area (Å²) in [6, 6.07) is 3.59. The van der Waals surface area contributed by atoms with Crippen LogP contribution in [-0.4, -0.2) is 31.0 Å². The van der Waals surface area contributed by atoms with Crippen LogP contribution in [0.4, 0.5) is 0 Å². The molecule has 120 valence electrons. The van der Waals surface area contributed by atoms with E-state index in [0.29, 0.717) is 29.5 Å². The summed E-state index contributed by atoms with van der Waals surface area (Å²) in [5.41, 5.74) is 0.0679. The second-order valence-electron chi connectivity index (χ2n) is 5.41. The quantitative estimate of drug-likeness (QED) is 0.686. The van der Waals surface area contributed by atoms with Gasteiger partial charge in [-0.05, 0) is 32.4 Å². The third kappa shape index (κ3) is 5.73. The van der Waals surface area contributed by atoms with Gasteiger partial charge in [0.2, 0.25) is 0 Å². The molecule has 0 aliphatic carbocycles. The maximum Gasteiger partial charge on any atom is 0.165 e. The van der Waals surface area contributed by atoms with E-state index in [9.17, 15) is 5.11 Å². The molecule has 0 aliphatic rings. The van der Waals surface area contributed by atoms with Crippen molar-refractivity contribution in [3.8, 4) is 11.5 Å². The molecule has 0 saturated carbocycles. The van der Waals surface area contributed by atoms with Crippen molar-refractivity contribution in [3.63, 3.8) is 0 Å². The van der Waals surface area contributed by atoms with Crippen LogP contribution in [0.25, 0.3) is 0 Å². The van der Waals surface area contributed by atoms with Gasteiger partial charge in [0.05, 0.1) is 12.7 Å². The van der Waals surface area contributed by atoms with Crippen LogP contribution < -0.4 is 14.8 Å². The summed E-state index contributed by atoms with van der Waals surface area (Å²) in [6.07, 6.45) is 1.67. The van der Waals surface area contributed by atoms with Gasteiger partial charge in [0.25, 0.3) is 0 Å². The molecule has 0 amide bonds. The molecule has 5 heteroatoms. The van der Waals surface area contributed by atoms with Crippen molar-refractivity contribution in [2.24, 2.45) is 0 Å². The zero-order chi connectivity index (χ0) is 15.9. The van der Waals surface area contributed by atoms with E-state index in [1.165, 1.54) is 0 Å². The molecule has 1 unspecified atom stereocenters. The molecule has 0 aliphatic heterocycles. The summed E-state index contributed by atoms with van der Waals surface area (Å²) in [5.74, 6) is 1.22. The van der Waals surface area contributed by atoms with Crippen molar-refractivity contribution in [2.75, 3.05) is 20.3 Å². The smallest absolute Gasteiger partial charge is 0.165 e. The highest BCUT2D eigenvalue weighted by atomic mass is 35.5. The summed E-state index contributed by atoms with van der Waals surface area (Å²) in [7, 11) is 1.58. The van der Waals surface area contributed by atoms with Gasteiger partial charge in [-0.1, -0.05) is 25.4 Å². The van der Waals surface area contributed by atoms with Gasteiger partial charge in [-0.2, -0.15) is 0 Å². The number of benzene rings is 1. The van der Waals surface area contributed by atoms with E-state index in [2.05, 4.69) is 12.2 Å². The SMILES string of the molecule is CCCNCc1cc(Cl)cc(OC)c1OCC(C)(O)CC. The number of nitrogens with one attached hydrogen (secondary N) is 1. The number of methoxy groups -OCH3 is 1. The summed E-state index contributed by atoms with van der Waals surface area (Å²) < 4.78 is 11.2. The highest BCUT2D eigenvalue weighted by molar-refractivity contribution is 6.30. The summed E-state index contributed by atoms with van der Waals surface area (Å²) in [6.45, 7) is 7.57. The molecule has 1 rings (SSSR count). The fourth-order valence-electron chi connectivity index (χ4n) is 1.80. The average Bonchev–Trinajstić information content (AvgIpc) is 2.45. The van der Waals surface area contributed by atoms with Crippen molar-refractivity contribution in [3.05, 3.63) is 22.7 Å². The van der Waals surface area contributed by atoms with Crippen LogP contribution >= 0.6 is 11.6 Å². The van der Waals surface area contributed by atoms with E-state index in [1.54, 1.807) is 20.1 Å². The molecule has 2 N–H and O–H groups in total. The van der Waals surface area contributed by atoms with Gasteiger partial charge in [-0.15, -0.1) is 0 Å². The highest BCUT2D eigenvalue weighted by Crippen LogP contribution is 2.35. The van der Waals surface area contributed by atoms with E-state index in [1.807, 2.05) is 13.0 Å². The van der Waals surface area contributed by atoms with E-state index in [4.69, 9.17) is 21.1 Å². The lowest BCUT2D eigenvalue weighted by Gasteiger charge is -2.24. The molecular formula is C16H26ClNO3. The minimum Gasteiger partial charge on any atom is -0.493 e. The molecule has 4 nitrogen and oxygen atoms in total. The summed E-state index contributed by atoms with van der Waals surface area (Å²) >= 11 is 6.12. The van der Waals surface area contributed by atoms with Gasteiger partial charge in [-0.25, -0.2) is 0 Å². The molecule has 1 aromatic rings. The van der Waals surface area contributed by atoms with Crippen LogP contribution in [0, 0.1) is 0 Å². The second kappa shape index (κ2) is 8.47. The lowest BCUT2D eigenvalue weighted by Crippen LogP contribution is -2.31. The van der Waals surface area contributed by atoms with Crippen molar-refractivity contribution in [2.45, 2.75) is 45.8 Å². The van der Waals surface area contributed by atoms with Gasteiger partial charge in [0.15, 0.2) is 11.5 Å². The standard InChI is InChI=1S/C16H26ClNO3/c1-5-7-18-10-12-8-13(17)9-14(20-4)15(12)21-11-16(3,19)6-2/h8-9,18-19H,5-7,10-11H2,1-4H3. The Morgan fingerprint density at radius 1 is 1.33 bits per heavy atom. The van der Waals surface area contributed by atoms with Crippen molar-refractivity contribution in [1.29, 1.82) is 0 Å². The lowest BCUT2D eigenvalue weighted by atomic mass is 10.1. The number of rotatable bonds is 9. The number of hydrogen-bond donors (Lipinski definition) is 2. The van der Waals surface area contributed by atoms with Gasteiger partial charge in [0.1, 0.15) is 6.61 Å². The van der Waals surface area contributed by atoms with Gasteiger partial charge >= 0.3 is 0 Å². The van der Waals surface area contributed by atoms with Crippen molar-refractivity contribution < 1.29 is 14.6 Å². The van der Waals surface area contributed by atoms with Crippen LogP contribution in [0.15, 0.2) is 12.1 Å². The first-order valence-corrected chi connectivity index (χ1v) is 7.73. The first-order chi connectivity index (χ1) is 9.93. The summed E-state index contributed by atoms with van der Waals surface area (Å²) in [4.78, 5) is 0. The predicted octanol–water partition coefficient (Wildman–Crippen LogP) is 3.39. The topological polar surface area (TPSA) is 50.7 Å². The number of ether oxygens (including phenoxy) is 2. The maximum atomic E-state index is 10.1. The molecule has 0 bridgehead atoms. The van der Waals surface area contributed by atoms with Crippen LogP contribution in [0.3, 0.4) is 0 Å². The fourth-order valence-corrected chi connectivity index (χ4v) is 2.03. The summed E-state index contributed by atoms with van der Waals surface area (Å²) in [5, 5.41) is 14.0. The molecular weight excluding hydrogens is 290 g/mol. The van der Waals surface area contributed by atoms with Crippen LogP contribution in [0.2, 0.25) is 5.02 Å². The monoisotopic (exact) mass is 315 g/mol.